The van der Waals surface area contributed by atoms with Crippen LogP contribution in [0.15, 0.2) is 94.6 Å². The molecular weight excluding hydrogens is 643 g/mol. The number of nitrogens with zero attached hydrogens (tertiary/aromatic N) is 1. The van der Waals surface area contributed by atoms with E-state index in [2.05, 4.69) is 50.0 Å². The van der Waals surface area contributed by atoms with Crippen LogP contribution >= 0.6 is 0 Å². The fourth-order valence-corrected chi connectivity index (χ4v) is 10.8. The van der Waals surface area contributed by atoms with Crippen molar-refractivity contribution in [2.45, 2.75) is 70.9 Å². The third-order valence-electron chi connectivity index (χ3n) is 8.80. The summed E-state index contributed by atoms with van der Waals surface area (Å²) in [6.45, 7) is 9.00. The van der Waals surface area contributed by atoms with Crippen molar-refractivity contribution >= 4 is 24.7 Å². The van der Waals surface area contributed by atoms with Gasteiger partial charge in [-0.05, 0) is 39.5 Å². The van der Waals surface area contributed by atoms with Gasteiger partial charge >= 0.3 is 11.7 Å². The van der Waals surface area contributed by atoms with Crippen LogP contribution in [0.5, 0.6) is 0 Å². The molecule has 1 aromatic heterocycles. The number of nitrogens with one attached hydrogen (secondary N) is 1. The second-order valence-electron chi connectivity index (χ2n) is 13.1. The molecule has 5 rings (SSSR count). The first-order valence-corrected chi connectivity index (χ1v) is 18.2. The van der Waals surface area contributed by atoms with Crippen molar-refractivity contribution in [1.29, 1.82) is 0 Å². The lowest BCUT2D eigenvalue weighted by atomic mass is 10.0. The predicted octanol–water partition coefficient (Wildman–Crippen LogP) is 3.51. The van der Waals surface area contributed by atoms with Gasteiger partial charge in [0.05, 0.1) is 25.4 Å². The number of hydrogen-bond donors (Lipinski definition) is 2. The van der Waals surface area contributed by atoms with Gasteiger partial charge in [0.25, 0.3) is 13.9 Å². The number of methoxy groups -OCH3 is 1. The minimum Gasteiger partial charge on any atom is -0.453 e. The fourth-order valence-electron chi connectivity index (χ4n) is 6.30. The zero-order valence-corrected chi connectivity index (χ0v) is 29.6. The van der Waals surface area contributed by atoms with Crippen LogP contribution in [0.1, 0.15) is 60.5 Å². The van der Waals surface area contributed by atoms with Gasteiger partial charge in [0.1, 0.15) is 6.23 Å². The van der Waals surface area contributed by atoms with Crippen LogP contribution in [0.3, 0.4) is 0 Å². The molecule has 3 aromatic carbocycles. The summed E-state index contributed by atoms with van der Waals surface area (Å²) in [6.07, 6.45) is -1.17. The third kappa shape index (κ3) is 7.85. The van der Waals surface area contributed by atoms with Gasteiger partial charge in [0, 0.05) is 31.8 Å². The highest BCUT2D eigenvalue weighted by molar-refractivity contribution is 6.99. The Balaban J connectivity index is 1.47. The summed E-state index contributed by atoms with van der Waals surface area (Å²) in [4.78, 5) is 41.0. The first-order valence-electron chi connectivity index (χ1n) is 16.3. The van der Waals surface area contributed by atoms with Gasteiger partial charge in [-0.3, -0.25) is 14.3 Å². The van der Waals surface area contributed by atoms with Crippen molar-refractivity contribution < 1.29 is 28.2 Å². The number of carbonyl (C=O) groups excluding carboxylic acids is 1. The first kappa shape index (κ1) is 36.1. The number of hydrogen-bond acceptors (Lipinski definition) is 9. The van der Waals surface area contributed by atoms with E-state index in [0.717, 1.165) is 15.9 Å². The number of aromatic nitrogens is 2. The summed E-state index contributed by atoms with van der Waals surface area (Å²) in [5.41, 5.74) is 6.94. The molecule has 49 heavy (non-hydrogen) atoms. The number of carbonyl (C=O) groups is 1. The van der Waals surface area contributed by atoms with Gasteiger partial charge in [0.15, 0.2) is 12.4 Å². The number of aromatic amines is 1. The van der Waals surface area contributed by atoms with Crippen molar-refractivity contribution in [2.75, 3.05) is 20.3 Å². The van der Waals surface area contributed by atoms with Crippen molar-refractivity contribution in [1.82, 2.24) is 9.55 Å². The van der Waals surface area contributed by atoms with Gasteiger partial charge in [-0.15, -0.1) is 0 Å². The van der Waals surface area contributed by atoms with E-state index < -0.39 is 44.2 Å². The van der Waals surface area contributed by atoms with Crippen LogP contribution in [0.4, 0.5) is 0 Å². The number of H-pyrrole nitrogens is 1. The van der Waals surface area contributed by atoms with Gasteiger partial charge in [-0.2, -0.15) is 0 Å². The number of ether oxygens (including phenoxy) is 4. The highest BCUT2D eigenvalue weighted by Crippen LogP contribution is 2.38. The topological polar surface area (TPSA) is 144 Å². The zero-order chi connectivity index (χ0) is 35.2. The van der Waals surface area contributed by atoms with Crippen LogP contribution < -0.4 is 27.4 Å². The molecule has 0 amide bonds. The Labute approximate surface area is 287 Å². The van der Waals surface area contributed by atoms with E-state index in [-0.39, 0.29) is 37.8 Å². The molecule has 12 heteroatoms. The van der Waals surface area contributed by atoms with E-state index >= 15 is 0 Å². The number of rotatable bonds is 13. The van der Waals surface area contributed by atoms with E-state index in [1.807, 2.05) is 48.5 Å². The normalized spacial score (nSPS) is 18.0. The maximum absolute atomic E-state index is 14.1. The predicted molar refractivity (Wildman–Crippen MR) is 188 cm³/mol. The number of benzene rings is 3. The number of aryl methyl sites for hydroxylation is 1. The standard InChI is InChI=1S/C37H45N3O8Si/c1-25-23-40(36(43)39-33(25)41)32-21-31(35(48-32)45-19-18-44-5)47-34(42)30-20-26(22-38)16-17-27(30)24-46-49(37(2,3)4,28-12-8-6-9-13-28)29-14-10-7-11-15-29/h6-17,20,23,31-32,35H,18-19,21-22,24,38H2,1-5H3,(H,39,41,43). The van der Waals surface area contributed by atoms with Gasteiger partial charge in [-0.1, -0.05) is 93.6 Å². The summed E-state index contributed by atoms with van der Waals surface area (Å²) in [7, 11) is -1.38. The Morgan fingerprint density at radius 2 is 1.65 bits per heavy atom. The maximum atomic E-state index is 14.1. The lowest BCUT2D eigenvalue weighted by molar-refractivity contribution is -0.182. The molecule has 1 aliphatic rings. The quantitative estimate of drug-likeness (QED) is 0.123. The van der Waals surface area contributed by atoms with Gasteiger partial charge in [0.2, 0.25) is 0 Å². The second-order valence-corrected chi connectivity index (χ2v) is 17.4. The molecule has 1 fully saturated rings. The molecule has 260 valence electrons. The van der Waals surface area contributed by atoms with E-state index in [1.165, 1.54) is 10.8 Å². The molecule has 3 N–H and O–H groups in total. The zero-order valence-electron chi connectivity index (χ0n) is 28.6. The van der Waals surface area contributed by atoms with Crippen molar-refractivity contribution in [3.05, 3.63) is 128 Å². The van der Waals surface area contributed by atoms with Gasteiger partial charge < -0.3 is 29.1 Å². The molecular formula is C37H45N3O8Si. The van der Waals surface area contributed by atoms with Gasteiger partial charge in [-0.25, -0.2) is 9.59 Å². The minimum atomic E-state index is -2.92. The summed E-state index contributed by atoms with van der Waals surface area (Å²) < 4.78 is 31.6. The van der Waals surface area contributed by atoms with Crippen molar-refractivity contribution in [2.24, 2.45) is 5.73 Å². The van der Waals surface area contributed by atoms with E-state index in [0.29, 0.717) is 16.7 Å². The SMILES string of the molecule is COCCOC1OC(n2cc(C)c(=O)[nH]c2=O)CC1OC(=O)c1cc(CN)ccc1CO[Si](c1ccccc1)(c1ccccc1)C(C)(C)C. The van der Waals surface area contributed by atoms with E-state index in [4.69, 9.17) is 29.1 Å². The monoisotopic (exact) mass is 687 g/mol. The molecule has 4 aromatic rings. The average molecular weight is 688 g/mol. The number of nitrogens with two attached hydrogens (primary N) is 1. The Bertz CT molecular complexity index is 1800. The summed E-state index contributed by atoms with van der Waals surface area (Å²) >= 11 is 0. The lowest BCUT2D eigenvalue weighted by Crippen LogP contribution is -2.66. The second kappa shape index (κ2) is 15.6. The van der Waals surface area contributed by atoms with Crippen LogP contribution in [-0.2, 0) is 36.5 Å². The molecule has 0 spiro atoms. The number of esters is 1. The minimum absolute atomic E-state index is 0.110. The summed E-state index contributed by atoms with van der Waals surface area (Å²) in [5.74, 6) is -0.601. The molecule has 11 nitrogen and oxygen atoms in total. The molecule has 0 aliphatic carbocycles. The fraction of sp³-hybridized carbons (Fsp3) is 0.378. The lowest BCUT2D eigenvalue weighted by Gasteiger charge is -2.43. The van der Waals surface area contributed by atoms with E-state index in [1.54, 1.807) is 20.1 Å². The first-order chi connectivity index (χ1) is 23.5. The molecule has 1 saturated heterocycles. The Hall–Kier alpha value is -4.17. The van der Waals surface area contributed by atoms with Crippen LogP contribution in [0, 0.1) is 6.92 Å². The smallest absolute Gasteiger partial charge is 0.338 e. The highest BCUT2D eigenvalue weighted by Gasteiger charge is 2.50. The molecule has 3 unspecified atom stereocenters. The summed E-state index contributed by atoms with van der Waals surface area (Å²) in [5, 5.41) is 1.97. The highest BCUT2D eigenvalue weighted by atomic mass is 28.4. The third-order valence-corrected chi connectivity index (χ3v) is 13.8. The largest absolute Gasteiger partial charge is 0.453 e. The molecule has 2 heterocycles. The molecule has 0 bridgehead atoms. The molecule has 1 aliphatic heterocycles. The van der Waals surface area contributed by atoms with E-state index in [9.17, 15) is 14.4 Å². The molecule has 0 saturated carbocycles. The van der Waals surface area contributed by atoms with Crippen molar-refractivity contribution in [3.63, 3.8) is 0 Å². The molecule has 3 atom stereocenters. The maximum Gasteiger partial charge on any atom is 0.338 e. The Morgan fingerprint density at radius 3 is 2.24 bits per heavy atom. The Morgan fingerprint density at radius 1 is 1.00 bits per heavy atom. The molecule has 0 radical (unpaired) electrons. The average Bonchev–Trinajstić information content (AvgIpc) is 3.48. The Kier molecular flexibility index (Phi) is 11.5. The van der Waals surface area contributed by atoms with Crippen LogP contribution in [0.2, 0.25) is 5.04 Å². The van der Waals surface area contributed by atoms with Crippen LogP contribution in [-0.4, -0.2) is 56.6 Å². The summed E-state index contributed by atoms with van der Waals surface area (Å²) in [6, 6.07) is 26.0. The van der Waals surface area contributed by atoms with Crippen LogP contribution in [0.25, 0.3) is 0 Å². The van der Waals surface area contributed by atoms with Crippen molar-refractivity contribution in [3.8, 4) is 0 Å².